The fourth-order valence-corrected chi connectivity index (χ4v) is 5.70. The molecule has 0 spiro atoms. The van der Waals surface area contributed by atoms with E-state index in [4.69, 9.17) is 9.47 Å². The summed E-state index contributed by atoms with van der Waals surface area (Å²) in [6.45, 7) is 11.9. The molecule has 2 heteroatoms. The Labute approximate surface area is 153 Å². The summed E-state index contributed by atoms with van der Waals surface area (Å²) < 4.78 is 11.2. The van der Waals surface area contributed by atoms with Crippen LogP contribution in [0.4, 0.5) is 0 Å². The van der Waals surface area contributed by atoms with Crippen LogP contribution in [0.15, 0.2) is 30.4 Å². The standard InChI is InChI=1S/C23H34O2/c1-16-8-7-9-21-22(16,3)13-12-17(2)23(21,4)15-18-14-19(24-5)10-11-20(18)25-6/h10-11,14,17,21H,1,7-9,12-13,15H2,2-6H3/t17-,21+,22+,23+/m0/s1. The summed E-state index contributed by atoms with van der Waals surface area (Å²) in [6.07, 6.45) is 7.44. The first-order chi connectivity index (χ1) is 11.8. The van der Waals surface area contributed by atoms with Crippen LogP contribution in [0.3, 0.4) is 0 Å². The molecule has 0 N–H and O–H groups in total. The lowest BCUT2D eigenvalue weighted by Crippen LogP contribution is -2.51. The van der Waals surface area contributed by atoms with Crippen LogP contribution in [-0.2, 0) is 6.42 Å². The van der Waals surface area contributed by atoms with Crippen LogP contribution in [0.5, 0.6) is 11.5 Å². The van der Waals surface area contributed by atoms with Crippen molar-refractivity contribution in [3.05, 3.63) is 35.9 Å². The molecule has 1 aromatic carbocycles. The fraction of sp³-hybridized carbons (Fsp3) is 0.652. The highest BCUT2D eigenvalue weighted by Crippen LogP contribution is 2.62. The molecule has 1 aromatic rings. The molecule has 3 rings (SSSR count). The molecule has 4 atom stereocenters. The average molecular weight is 343 g/mol. The number of rotatable bonds is 4. The Balaban J connectivity index is 2.00. The second-order valence-corrected chi connectivity index (χ2v) is 8.77. The molecule has 2 aliphatic carbocycles. The maximum absolute atomic E-state index is 5.68. The van der Waals surface area contributed by atoms with E-state index in [2.05, 4.69) is 33.4 Å². The number of benzene rings is 1. The van der Waals surface area contributed by atoms with Crippen LogP contribution < -0.4 is 9.47 Å². The van der Waals surface area contributed by atoms with Crippen molar-refractivity contribution in [2.24, 2.45) is 22.7 Å². The summed E-state index contributed by atoms with van der Waals surface area (Å²) >= 11 is 0. The summed E-state index contributed by atoms with van der Waals surface area (Å²) in [5, 5.41) is 0. The van der Waals surface area contributed by atoms with Crippen molar-refractivity contribution in [3.63, 3.8) is 0 Å². The van der Waals surface area contributed by atoms with Gasteiger partial charge in [0.05, 0.1) is 14.2 Å². The van der Waals surface area contributed by atoms with Crippen molar-refractivity contribution >= 4 is 0 Å². The Morgan fingerprint density at radius 3 is 2.60 bits per heavy atom. The minimum atomic E-state index is 0.260. The average Bonchev–Trinajstić information content (AvgIpc) is 2.60. The highest BCUT2D eigenvalue weighted by atomic mass is 16.5. The summed E-state index contributed by atoms with van der Waals surface area (Å²) in [6, 6.07) is 6.20. The molecule has 2 aliphatic rings. The van der Waals surface area contributed by atoms with E-state index in [0.717, 1.165) is 17.9 Å². The second kappa shape index (κ2) is 6.70. The number of allylic oxidation sites excluding steroid dienone is 1. The minimum absolute atomic E-state index is 0.260. The normalized spacial score (nSPS) is 35.2. The Morgan fingerprint density at radius 1 is 1.16 bits per heavy atom. The van der Waals surface area contributed by atoms with Gasteiger partial charge in [0, 0.05) is 0 Å². The maximum atomic E-state index is 5.68. The molecule has 0 aromatic heterocycles. The predicted octanol–water partition coefficient (Wildman–Crippen LogP) is 6.05. The van der Waals surface area contributed by atoms with Gasteiger partial charge >= 0.3 is 0 Å². The quantitative estimate of drug-likeness (QED) is 0.621. The minimum Gasteiger partial charge on any atom is -0.497 e. The Bertz CT molecular complexity index is 649. The Kier molecular flexibility index (Phi) is 4.92. The van der Waals surface area contributed by atoms with Crippen molar-refractivity contribution in [1.82, 2.24) is 0 Å². The first-order valence-electron chi connectivity index (χ1n) is 9.74. The van der Waals surface area contributed by atoms with Crippen LogP contribution in [0.1, 0.15) is 58.4 Å². The van der Waals surface area contributed by atoms with E-state index in [1.54, 1.807) is 14.2 Å². The number of hydrogen-bond acceptors (Lipinski definition) is 2. The first-order valence-corrected chi connectivity index (χ1v) is 9.74. The summed E-state index contributed by atoms with van der Waals surface area (Å²) in [5.41, 5.74) is 3.32. The zero-order valence-electron chi connectivity index (χ0n) is 16.7. The van der Waals surface area contributed by atoms with E-state index in [-0.39, 0.29) is 5.41 Å². The van der Waals surface area contributed by atoms with Gasteiger partial charge < -0.3 is 9.47 Å². The lowest BCUT2D eigenvalue weighted by atomic mass is 9.46. The Morgan fingerprint density at radius 2 is 1.92 bits per heavy atom. The molecule has 0 bridgehead atoms. The molecular formula is C23H34O2. The lowest BCUT2D eigenvalue weighted by molar-refractivity contribution is -0.0491. The van der Waals surface area contributed by atoms with Crippen molar-refractivity contribution in [1.29, 1.82) is 0 Å². The van der Waals surface area contributed by atoms with Crippen molar-refractivity contribution in [2.75, 3.05) is 14.2 Å². The van der Waals surface area contributed by atoms with Gasteiger partial charge in [0.15, 0.2) is 0 Å². The van der Waals surface area contributed by atoms with Gasteiger partial charge in [0.25, 0.3) is 0 Å². The van der Waals surface area contributed by atoms with Crippen molar-refractivity contribution in [2.45, 2.75) is 59.3 Å². The molecule has 0 amide bonds. The smallest absolute Gasteiger partial charge is 0.122 e. The van der Waals surface area contributed by atoms with Crippen LogP contribution >= 0.6 is 0 Å². The van der Waals surface area contributed by atoms with Crippen LogP contribution in [-0.4, -0.2) is 14.2 Å². The highest BCUT2D eigenvalue weighted by molar-refractivity contribution is 5.41. The van der Waals surface area contributed by atoms with Gasteiger partial charge in [-0.05, 0) is 85.0 Å². The van der Waals surface area contributed by atoms with Gasteiger partial charge in [-0.2, -0.15) is 0 Å². The van der Waals surface area contributed by atoms with Gasteiger partial charge in [-0.3, -0.25) is 0 Å². The third kappa shape index (κ3) is 2.98. The van der Waals surface area contributed by atoms with Crippen LogP contribution in [0.25, 0.3) is 0 Å². The molecule has 0 saturated heterocycles. The van der Waals surface area contributed by atoms with Gasteiger partial charge in [-0.1, -0.05) is 32.9 Å². The zero-order chi connectivity index (χ0) is 18.2. The monoisotopic (exact) mass is 342 g/mol. The second-order valence-electron chi connectivity index (χ2n) is 8.77. The van der Waals surface area contributed by atoms with Gasteiger partial charge in [-0.15, -0.1) is 0 Å². The molecule has 2 saturated carbocycles. The van der Waals surface area contributed by atoms with E-state index < -0.39 is 0 Å². The molecule has 0 unspecified atom stereocenters. The Hall–Kier alpha value is -1.44. The topological polar surface area (TPSA) is 18.5 Å². The number of fused-ring (bicyclic) bond motifs is 1. The zero-order valence-corrected chi connectivity index (χ0v) is 16.7. The SMILES string of the molecule is C=C1CCC[C@H]2[C@](C)(Cc3cc(OC)ccc3OC)[C@@H](C)CC[C@]12C. The summed E-state index contributed by atoms with van der Waals surface area (Å²) in [4.78, 5) is 0. The fourth-order valence-electron chi connectivity index (χ4n) is 5.70. The van der Waals surface area contributed by atoms with E-state index in [9.17, 15) is 0 Å². The molecule has 0 heterocycles. The lowest BCUT2D eigenvalue weighted by Gasteiger charge is -2.59. The number of methoxy groups -OCH3 is 2. The highest BCUT2D eigenvalue weighted by Gasteiger charge is 2.53. The summed E-state index contributed by atoms with van der Waals surface area (Å²) in [7, 11) is 3.50. The third-order valence-corrected chi connectivity index (χ3v) is 7.63. The molecule has 0 radical (unpaired) electrons. The molecule has 0 aliphatic heterocycles. The molecule has 138 valence electrons. The van der Waals surface area contributed by atoms with E-state index in [0.29, 0.717) is 17.3 Å². The van der Waals surface area contributed by atoms with E-state index >= 15 is 0 Å². The van der Waals surface area contributed by atoms with Crippen molar-refractivity contribution in [3.8, 4) is 11.5 Å². The molecule has 25 heavy (non-hydrogen) atoms. The third-order valence-electron chi connectivity index (χ3n) is 7.63. The number of ether oxygens (including phenoxy) is 2. The van der Waals surface area contributed by atoms with Crippen LogP contribution in [0, 0.1) is 22.7 Å². The maximum Gasteiger partial charge on any atom is 0.122 e. The molecule has 2 fully saturated rings. The molecule has 2 nitrogen and oxygen atoms in total. The van der Waals surface area contributed by atoms with E-state index in [1.807, 2.05) is 12.1 Å². The number of hydrogen-bond donors (Lipinski definition) is 0. The first kappa shape index (κ1) is 18.4. The van der Waals surface area contributed by atoms with Crippen LogP contribution in [0.2, 0.25) is 0 Å². The summed E-state index contributed by atoms with van der Waals surface area (Å²) in [5.74, 6) is 3.29. The van der Waals surface area contributed by atoms with Gasteiger partial charge in [-0.25, -0.2) is 0 Å². The predicted molar refractivity (Wildman–Crippen MR) is 104 cm³/mol. The van der Waals surface area contributed by atoms with Crippen molar-refractivity contribution < 1.29 is 9.47 Å². The van der Waals surface area contributed by atoms with Gasteiger partial charge in [0.2, 0.25) is 0 Å². The molecular weight excluding hydrogens is 308 g/mol. The van der Waals surface area contributed by atoms with E-state index in [1.165, 1.54) is 43.2 Å². The largest absolute Gasteiger partial charge is 0.497 e. The van der Waals surface area contributed by atoms with Gasteiger partial charge in [0.1, 0.15) is 11.5 Å².